The Labute approximate surface area is 224 Å². The number of phenols is 1. The van der Waals surface area contributed by atoms with E-state index >= 15 is 0 Å². The Balaban J connectivity index is 1.47. The van der Waals surface area contributed by atoms with Gasteiger partial charge in [-0.05, 0) is 65.4 Å². The number of hydrogen-bond acceptors (Lipinski definition) is 4. The van der Waals surface area contributed by atoms with Crippen LogP contribution in [0.1, 0.15) is 35.6 Å². The van der Waals surface area contributed by atoms with E-state index in [1.165, 1.54) is 36.4 Å². The molecule has 0 aromatic heterocycles. The van der Waals surface area contributed by atoms with Crippen molar-refractivity contribution in [3.63, 3.8) is 0 Å². The molecule has 4 aromatic rings. The predicted molar refractivity (Wildman–Crippen MR) is 145 cm³/mol. The highest BCUT2D eigenvalue weighted by Gasteiger charge is 2.56. The molecule has 0 unspecified atom stereocenters. The lowest BCUT2D eigenvalue weighted by Crippen LogP contribution is -2.67. The maximum absolute atomic E-state index is 13.3. The van der Waals surface area contributed by atoms with Crippen LogP contribution in [0, 0.1) is 11.7 Å². The largest absolute Gasteiger partial charge is 0.508 e. The van der Waals surface area contributed by atoms with Gasteiger partial charge in [0.2, 0.25) is 5.91 Å². The summed E-state index contributed by atoms with van der Waals surface area (Å²) in [6, 6.07) is 25.8. The minimum absolute atomic E-state index is 0.0560. The summed E-state index contributed by atoms with van der Waals surface area (Å²) in [5.74, 6) is -1.25. The molecule has 1 amide bonds. The van der Waals surface area contributed by atoms with E-state index in [2.05, 4.69) is 5.32 Å². The van der Waals surface area contributed by atoms with Gasteiger partial charge in [0, 0.05) is 5.56 Å². The van der Waals surface area contributed by atoms with Crippen molar-refractivity contribution in [1.29, 1.82) is 0 Å². The second-order valence-corrected chi connectivity index (χ2v) is 11.3. The SMILES string of the molecule is O=C1N[C@@](c2ccccc2)(c2ccc(-c3ccc(P(=O)(O)O)cc3)cc2O)[C@H]1CC[C@H](O)c1ccc(F)cc1. The van der Waals surface area contributed by atoms with Crippen molar-refractivity contribution < 1.29 is 33.7 Å². The fourth-order valence-corrected chi connectivity index (χ4v) is 5.83. The molecule has 0 saturated carbocycles. The topological polar surface area (TPSA) is 127 Å². The molecule has 1 aliphatic heterocycles. The van der Waals surface area contributed by atoms with Crippen LogP contribution >= 0.6 is 7.60 Å². The Morgan fingerprint density at radius 2 is 1.54 bits per heavy atom. The molecule has 1 heterocycles. The Bertz CT molecular complexity index is 1540. The number of carbonyl (C=O) groups is 1. The van der Waals surface area contributed by atoms with Crippen molar-refractivity contribution in [1.82, 2.24) is 5.32 Å². The molecule has 5 rings (SSSR count). The van der Waals surface area contributed by atoms with Crippen LogP contribution in [0.5, 0.6) is 5.75 Å². The van der Waals surface area contributed by atoms with Gasteiger partial charge in [0.05, 0.1) is 17.3 Å². The Kier molecular flexibility index (Phi) is 7.14. The van der Waals surface area contributed by atoms with Gasteiger partial charge >= 0.3 is 7.60 Å². The first kappa shape index (κ1) is 26.8. The summed E-state index contributed by atoms with van der Waals surface area (Å²) in [4.78, 5) is 31.6. The number of benzene rings is 4. The van der Waals surface area contributed by atoms with Gasteiger partial charge < -0.3 is 25.3 Å². The van der Waals surface area contributed by atoms with Crippen LogP contribution < -0.4 is 10.6 Å². The molecule has 39 heavy (non-hydrogen) atoms. The number of carbonyl (C=O) groups excluding carboxylic acids is 1. The first-order valence-corrected chi connectivity index (χ1v) is 14.0. The summed E-state index contributed by atoms with van der Waals surface area (Å²) >= 11 is 0. The quantitative estimate of drug-likeness (QED) is 0.163. The maximum atomic E-state index is 13.3. The third-order valence-corrected chi connectivity index (χ3v) is 8.30. The predicted octanol–water partition coefficient (Wildman–Crippen LogP) is 4.50. The number of aliphatic hydroxyl groups is 1. The minimum atomic E-state index is -4.37. The fourth-order valence-electron chi connectivity index (χ4n) is 5.29. The van der Waals surface area contributed by atoms with E-state index in [0.29, 0.717) is 28.7 Å². The zero-order chi connectivity index (χ0) is 27.8. The average Bonchev–Trinajstić information content (AvgIpc) is 2.92. The number of amides is 1. The van der Waals surface area contributed by atoms with Gasteiger partial charge in [-0.15, -0.1) is 0 Å². The normalized spacial score (nSPS) is 19.7. The van der Waals surface area contributed by atoms with Crippen molar-refractivity contribution in [2.75, 3.05) is 0 Å². The third-order valence-electron chi connectivity index (χ3n) is 7.33. The highest BCUT2D eigenvalue weighted by molar-refractivity contribution is 7.60. The monoisotopic (exact) mass is 547 g/mol. The van der Waals surface area contributed by atoms with Crippen LogP contribution in [0.15, 0.2) is 97.1 Å². The molecule has 0 radical (unpaired) electrons. The molecule has 9 heteroatoms. The van der Waals surface area contributed by atoms with E-state index in [1.807, 2.05) is 30.3 Å². The molecule has 1 saturated heterocycles. The van der Waals surface area contributed by atoms with Crippen LogP contribution in [0.25, 0.3) is 11.1 Å². The van der Waals surface area contributed by atoms with Gasteiger partial charge in [0.1, 0.15) is 17.1 Å². The van der Waals surface area contributed by atoms with E-state index in [4.69, 9.17) is 0 Å². The standard InChI is InChI=1S/C30H27FNO6P/c31-23-11-6-20(7-12-23)27(33)17-16-26-29(35)32-30(26,22-4-2-1-3-5-22)25-15-10-21(18-28(25)34)19-8-13-24(14-9-19)39(36,37)38/h1-15,18,26-27,33-34H,16-17H2,(H,32,35)(H2,36,37,38)/t26-,27-,30-/m0/s1. The lowest BCUT2D eigenvalue weighted by Gasteiger charge is -2.50. The number of hydrogen-bond donors (Lipinski definition) is 5. The number of rotatable bonds is 8. The second kappa shape index (κ2) is 10.4. The molecule has 7 nitrogen and oxygen atoms in total. The molecule has 1 fully saturated rings. The van der Waals surface area contributed by atoms with E-state index in [-0.39, 0.29) is 23.4 Å². The molecule has 1 aliphatic rings. The lowest BCUT2D eigenvalue weighted by atomic mass is 9.64. The van der Waals surface area contributed by atoms with Crippen LogP contribution in [0.2, 0.25) is 0 Å². The van der Waals surface area contributed by atoms with Crippen LogP contribution in [-0.4, -0.2) is 25.9 Å². The summed E-state index contributed by atoms with van der Waals surface area (Å²) in [6.45, 7) is 0. The zero-order valence-corrected chi connectivity index (χ0v) is 21.6. The van der Waals surface area contributed by atoms with Gasteiger partial charge in [0.25, 0.3) is 0 Å². The molecule has 5 N–H and O–H groups in total. The number of phenolic OH excluding ortho intramolecular Hbond substituents is 1. The summed E-state index contributed by atoms with van der Waals surface area (Å²) < 4.78 is 24.8. The average molecular weight is 548 g/mol. The lowest BCUT2D eigenvalue weighted by molar-refractivity contribution is -0.140. The van der Waals surface area contributed by atoms with Crippen molar-refractivity contribution in [3.8, 4) is 16.9 Å². The van der Waals surface area contributed by atoms with E-state index in [1.54, 1.807) is 30.3 Å². The minimum Gasteiger partial charge on any atom is -0.508 e. The summed E-state index contributed by atoms with van der Waals surface area (Å²) in [7, 11) is -4.37. The number of halogens is 1. The van der Waals surface area contributed by atoms with Crippen molar-refractivity contribution in [2.24, 2.45) is 5.92 Å². The molecule has 4 aromatic carbocycles. The van der Waals surface area contributed by atoms with Crippen LogP contribution in [-0.2, 0) is 14.9 Å². The maximum Gasteiger partial charge on any atom is 0.356 e. The highest BCUT2D eigenvalue weighted by Crippen LogP contribution is 2.49. The van der Waals surface area contributed by atoms with Crippen molar-refractivity contribution in [3.05, 3.63) is 120 Å². The highest BCUT2D eigenvalue weighted by atomic mass is 31.2. The molecular weight excluding hydrogens is 520 g/mol. The molecule has 0 aliphatic carbocycles. The molecule has 0 spiro atoms. The first-order valence-electron chi connectivity index (χ1n) is 12.4. The molecule has 200 valence electrons. The van der Waals surface area contributed by atoms with E-state index in [9.17, 15) is 33.7 Å². The Morgan fingerprint density at radius 1 is 0.897 bits per heavy atom. The van der Waals surface area contributed by atoms with Crippen LogP contribution in [0.4, 0.5) is 4.39 Å². The summed E-state index contributed by atoms with van der Waals surface area (Å²) in [5.41, 5.74) is 2.07. The Morgan fingerprint density at radius 3 is 2.13 bits per heavy atom. The van der Waals surface area contributed by atoms with E-state index in [0.717, 1.165) is 5.56 Å². The van der Waals surface area contributed by atoms with Crippen LogP contribution in [0.3, 0.4) is 0 Å². The molecular formula is C30H27FNO6P. The molecule has 3 atom stereocenters. The third kappa shape index (κ3) is 5.12. The number of aromatic hydroxyl groups is 1. The van der Waals surface area contributed by atoms with Gasteiger partial charge in [-0.1, -0.05) is 66.7 Å². The van der Waals surface area contributed by atoms with Gasteiger partial charge in [0.15, 0.2) is 0 Å². The number of aliphatic hydroxyl groups excluding tert-OH is 1. The number of nitrogens with one attached hydrogen (secondary N) is 1. The summed E-state index contributed by atoms with van der Waals surface area (Å²) in [6.07, 6.45) is -0.326. The Hall–Kier alpha value is -3.81. The number of β-lactam (4-membered cyclic amide) rings is 1. The zero-order valence-electron chi connectivity index (χ0n) is 20.7. The van der Waals surface area contributed by atoms with E-state index < -0.39 is 31.0 Å². The fraction of sp³-hybridized carbons (Fsp3) is 0.167. The first-order chi connectivity index (χ1) is 18.6. The van der Waals surface area contributed by atoms with Crippen molar-refractivity contribution in [2.45, 2.75) is 24.5 Å². The summed E-state index contributed by atoms with van der Waals surface area (Å²) in [5, 5.41) is 24.9. The smallest absolute Gasteiger partial charge is 0.356 e. The molecule has 0 bridgehead atoms. The van der Waals surface area contributed by atoms with Gasteiger partial charge in [-0.2, -0.15) is 0 Å². The van der Waals surface area contributed by atoms with Crippen molar-refractivity contribution >= 4 is 18.8 Å². The van der Waals surface area contributed by atoms with Gasteiger partial charge in [-0.25, -0.2) is 4.39 Å². The van der Waals surface area contributed by atoms with Gasteiger partial charge in [-0.3, -0.25) is 9.36 Å². The second-order valence-electron chi connectivity index (χ2n) is 9.68.